The Balaban J connectivity index is 1.98. The molecule has 0 aliphatic carbocycles. The quantitative estimate of drug-likeness (QED) is 0.531. The summed E-state index contributed by atoms with van der Waals surface area (Å²) in [6.45, 7) is 6.38. The molecule has 1 amide bonds. The molecule has 0 aliphatic rings. The fourth-order valence-corrected chi connectivity index (χ4v) is 4.01. The van der Waals surface area contributed by atoms with Gasteiger partial charge in [-0.1, -0.05) is 32.9 Å². The van der Waals surface area contributed by atoms with Crippen molar-refractivity contribution in [2.45, 2.75) is 46.1 Å². The average molecular weight is 429 g/mol. The van der Waals surface area contributed by atoms with E-state index >= 15 is 0 Å². The molecule has 1 aromatic carbocycles. The molecule has 2 rings (SSSR count). The van der Waals surface area contributed by atoms with Crippen LogP contribution < -0.4 is 15.8 Å². The van der Waals surface area contributed by atoms with Gasteiger partial charge in [-0.25, -0.2) is 0 Å². The third kappa shape index (κ3) is 8.51. The number of thiophene rings is 1. The SMILES string of the molecule is COc1ccc(NC(=O)/C=C/[C@@H](CC(=O)[C@@H](N)Cc2cccs2)CC(C)(C)C)cc1. The van der Waals surface area contributed by atoms with E-state index < -0.39 is 6.04 Å². The minimum Gasteiger partial charge on any atom is -0.497 e. The van der Waals surface area contributed by atoms with Gasteiger partial charge in [-0.3, -0.25) is 9.59 Å². The van der Waals surface area contributed by atoms with Gasteiger partial charge in [0.25, 0.3) is 0 Å². The molecule has 1 aromatic heterocycles. The molecule has 6 heteroatoms. The highest BCUT2D eigenvalue weighted by Crippen LogP contribution is 2.28. The summed E-state index contributed by atoms with van der Waals surface area (Å²) in [4.78, 5) is 26.1. The van der Waals surface area contributed by atoms with Crippen LogP contribution in [0.25, 0.3) is 0 Å². The van der Waals surface area contributed by atoms with E-state index in [1.807, 2.05) is 23.6 Å². The van der Waals surface area contributed by atoms with Gasteiger partial charge in [-0.15, -0.1) is 11.3 Å². The van der Waals surface area contributed by atoms with Crippen molar-refractivity contribution in [2.75, 3.05) is 12.4 Å². The van der Waals surface area contributed by atoms with Gasteiger partial charge in [0.05, 0.1) is 13.2 Å². The summed E-state index contributed by atoms with van der Waals surface area (Å²) >= 11 is 1.61. The van der Waals surface area contributed by atoms with E-state index in [9.17, 15) is 9.59 Å². The van der Waals surface area contributed by atoms with E-state index in [2.05, 4.69) is 26.1 Å². The monoisotopic (exact) mass is 428 g/mol. The van der Waals surface area contributed by atoms with Crippen molar-refractivity contribution in [3.63, 3.8) is 0 Å². The standard InChI is InChI=1S/C24H32N2O3S/c1-24(2,3)16-17(14-22(27)21(25)15-20-6-5-13-30-20)7-12-23(28)26-18-8-10-19(29-4)11-9-18/h5-13,17,21H,14-16,25H2,1-4H3,(H,26,28)/b12-7+/t17-,21-/m0/s1. The largest absolute Gasteiger partial charge is 0.497 e. The Labute approximate surface area is 183 Å². The maximum atomic E-state index is 12.7. The zero-order chi connectivity index (χ0) is 22.1. The molecule has 1 heterocycles. The van der Waals surface area contributed by atoms with Crippen LogP contribution in [0.4, 0.5) is 5.69 Å². The number of ketones is 1. The van der Waals surface area contributed by atoms with Gasteiger partial charge < -0.3 is 15.8 Å². The number of carbonyl (C=O) groups is 2. The second kappa shape index (κ2) is 11.1. The van der Waals surface area contributed by atoms with Gasteiger partial charge in [0.2, 0.25) is 5.91 Å². The van der Waals surface area contributed by atoms with Gasteiger partial charge in [0, 0.05) is 23.4 Å². The first-order valence-electron chi connectivity index (χ1n) is 10.1. The molecule has 2 aromatic rings. The topological polar surface area (TPSA) is 81.4 Å². The van der Waals surface area contributed by atoms with E-state index in [0.29, 0.717) is 18.5 Å². The minimum atomic E-state index is -0.521. The van der Waals surface area contributed by atoms with Crippen LogP contribution in [0.3, 0.4) is 0 Å². The molecule has 30 heavy (non-hydrogen) atoms. The highest BCUT2D eigenvalue weighted by Gasteiger charge is 2.23. The van der Waals surface area contributed by atoms with Crippen LogP contribution in [-0.2, 0) is 16.0 Å². The first-order chi connectivity index (χ1) is 14.2. The summed E-state index contributed by atoms with van der Waals surface area (Å²) in [6.07, 6.45) is 5.02. The molecule has 5 nitrogen and oxygen atoms in total. The number of nitrogens with one attached hydrogen (secondary N) is 1. The number of allylic oxidation sites excluding steroid dienone is 1. The normalized spacial score (nSPS) is 13.8. The highest BCUT2D eigenvalue weighted by atomic mass is 32.1. The van der Waals surface area contributed by atoms with Gasteiger partial charge in [0.1, 0.15) is 11.5 Å². The lowest BCUT2D eigenvalue weighted by Gasteiger charge is -2.24. The number of nitrogens with two attached hydrogens (primary N) is 1. The molecule has 0 bridgehead atoms. The van der Waals surface area contributed by atoms with Gasteiger partial charge in [-0.2, -0.15) is 0 Å². The predicted molar refractivity (Wildman–Crippen MR) is 124 cm³/mol. The van der Waals surface area contributed by atoms with Crippen molar-refractivity contribution >= 4 is 28.7 Å². The fourth-order valence-electron chi connectivity index (χ4n) is 3.25. The summed E-state index contributed by atoms with van der Waals surface area (Å²) in [5, 5.41) is 4.81. The van der Waals surface area contributed by atoms with Crippen LogP contribution in [0.15, 0.2) is 53.9 Å². The number of Topliss-reactive ketones (excluding diaryl/α,β-unsaturated/α-hetero) is 1. The second-order valence-electron chi connectivity index (χ2n) is 8.66. The van der Waals surface area contributed by atoms with Crippen LogP contribution in [0.2, 0.25) is 0 Å². The van der Waals surface area contributed by atoms with Gasteiger partial charge in [-0.05, 0) is 59.5 Å². The third-order valence-electron chi connectivity index (χ3n) is 4.63. The van der Waals surface area contributed by atoms with E-state index in [1.165, 1.54) is 6.08 Å². The molecular weight excluding hydrogens is 396 g/mol. The highest BCUT2D eigenvalue weighted by molar-refractivity contribution is 7.09. The maximum absolute atomic E-state index is 12.7. The van der Waals surface area contributed by atoms with Gasteiger partial charge >= 0.3 is 0 Å². The van der Waals surface area contributed by atoms with Crippen LogP contribution in [0.1, 0.15) is 38.5 Å². The summed E-state index contributed by atoms with van der Waals surface area (Å²) in [5.74, 6) is 0.479. The van der Waals surface area contributed by atoms with E-state index in [4.69, 9.17) is 10.5 Å². The number of benzene rings is 1. The average Bonchev–Trinajstić information content (AvgIpc) is 3.18. The Morgan fingerprint density at radius 3 is 2.47 bits per heavy atom. The zero-order valence-electron chi connectivity index (χ0n) is 18.2. The minimum absolute atomic E-state index is 0.0258. The van der Waals surface area contributed by atoms with Crippen molar-refractivity contribution in [3.8, 4) is 5.75 Å². The molecule has 0 saturated heterocycles. The van der Waals surface area contributed by atoms with Crippen LogP contribution in [0, 0.1) is 11.3 Å². The van der Waals surface area contributed by atoms with Crippen molar-refractivity contribution in [1.29, 1.82) is 0 Å². The van der Waals surface area contributed by atoms with Crippen molar-refractivity contribution in [3.05, 3.63) is 58.8 Å². The van der Waals surface area contributed by atoms with Crippen LogP contribution in [-0.4, -0.2) is 24.8 Å². The smallest absolute Gasteiger partial charge is 0.248 e. The lowest BCUT2D eigenvalue weighted by molar-refractivity contribution is -0.121. The fraction of sp³-hybridized carbons (Fsp3) is 0.417. The molecule has 3 N–H and O–H groups in total. The number of carbonyl (C=O) groups excluding carboxylic acids is 2. The molecule has 0 aliphatic heterocycles. The first kappa shape index (κ1) is 23.8. The number of amides is 1. The molecule has 0 saturated carbocycles. The Bertz CT molecular complexity index is 836. The molecule has 0 radical (unpaired) electrons. The number of anilines is 1. The second-order valence-corrected chi connectivity index (χ2v) is 9.69. The Kier molecular flexibility index (Phi) is 8.81. The summed E-state index contributed by atoms with van der Waals surface area (Å²) < 4.78 is 5.12. The van der Waals surface area contributed by atoms with Crippen LogP contribution >= 0.6 is 11.3 Å². The van der Waals surface area contributed by atoms with E-state index in [0.717, 1.165) is 17.0 Å². The Morgan fingerprint density at radius 1 is 1.20 bits per heavy atom. The number of hydrogen-bond donors (Lipinski definition) is 2. The molecule has 0 unspecified atom stereocenters. The lowest BCUT2D eigenvalue weighted by atomic mass is 9.81. The molecular formula is C24H32N2O3S. The van der Waals surface area contributed by atoms with Crippen LogP contribution in [0.5, 0.6) is 5.75 Å². The van der Waals surface area contributed by atoms with Crippen molar-refractivity contribution in [1.82, 2.24) is 0 Å². The van der Waals surface area contributed by atoms with E-state index in [1.54, 1.807) is 42.7 Å². The Morgan fingerprint density at radius 2 is 1.90 bits per heavy atom. The number of rotatable bonds is 10. The van der Waals surface area contributed by atoms with Crippen molar-refractivity contribution < 1.29 is 14.3 Å². The third-order valence-corrected chi connectivity index (χ3v) is 5.53. The lowest BCUT2D eigenvalue weighted by Crippen LogP contribution is -2.34. The van der Waals surface area contributed by atoms with Gasteiger partial charge in [0.15, 0.2) is 0 Å². The van der Waals surface area contributed by atoms with Crippen molar-refractivity contribution in [2.24, 2.45) is 17.1 Å². The molecule has 0 fully saturated rings. The number of hydrogen-bond acceptors (Lipinski definition) is 5. The summed E-state index contributed by atoms with van der Waals surface area (Å²) in [6, 6.07) is 10.6. The molecule has 162 valence electrons. The predicted octanol–water partition coefficient (Wildman–Crippen LogP) is 4.83. The Hall–Kier alpha value is -2.44. The molecule has 0 spiro atoms. The number of methoxy groups -OCH3 is 1. The maximum Gasteiger partial charge on any atom is 0.248 e. The summed E-state index contributed by atoms with van der Waals surface area (Å²) in [7, 11) is 1.60. The molecule has 2 atom stereocenters. The zero-order valence-corrected chi connectivity index (χ0v) is 19.0. The first-order valence-corrected chi connectivity index (χ1v) is 11.0. The number of ether oxygens (including phenoxy) is 1. The van der Waals surface area contributed by atoms with E-state index in [-0.39, 0.29) is 23.0 Å². The summed E-state index contributed by atoms with van der Waals surface area (Å²) in [5.41, 5.74) is 6.86.